The topological polar surface area (TPSA) is 119 Å². The van der Waals surface area contributed by atoms with Crippen molar-refractivity contribution in [1.29, 1.82) is 0 Å². The average Bonchev–Trinajstić information content (AvgIpc) is 2.60. The molecule has 7 nitrogen and oxygen atoms in total. The summed E-state index contributed by atoms with van der Waals surface area (Å²) in [5.74, 6) is 1.04. The molecule has 1 aromatic rings. The average molecular weight is 373 g/mol. The van der Waals surface area contributed by atoms with Gasteiger partial charge in [0.2, 0.25) is 0 Å². The van der Waals surface area contributed by atoms with Crippen LogP contribution in [0.15, 0.2) is 18.0 Å². The molecule has 1 fully saturated rings. The molecule has 3 atom stereocenters. The molecule has 2 aliphatic rings. The number of primary amides is 1. The molecule has 27 heavy (non-hydrogen) atoms. The van der Waals surface area contributed by atoms with Gasteiger partial charge in [0.05, 0.1) is 6.20 Å². The highest BCUT2D eigenvalue weighted by Gasteiger charge is 2.30. The summed E-state index contributed by atoms with van der Waals surface area (Å²) in [5.41, 5.74) is 13.1. The van der Waals surface area contributed by atoms with E-state index >= 15 is 0 Å². The first-order chi connectivity index (χ1) is 12.8. The summed E-state index contributed by atoms with van der Waals surface area (Å²) >= 11 is 0. The number of carbonyl (C=O) groups is 1. The van der Waals surface area contributed by atoms with Crippen LogP contribution in [-0.4, -0.2) is 28.0 Å². The van der Waals surface area contributed by atoms with Crippen molar-refractivity contribution in [2.75, 3.05) is 10.6 Å². The van der Waals surface area contributed by atoms with E-state index in [2.05, 4.69) is 47.4 Å². The lowest BCUT2D eigenvalue weighted by atomic mass is 9.71. The monoisotopic (exact) mass is 372 g/mol. The Kier molecular flexibility index (Phi) is 5.69. The number of rotatable bonds is 5. The van der Waals surface area contributed by atoms with Gasteiger partial charge in [0.25, 0.3) is 5.91 Å². The zero-order chi connectivity index (χ0) is 19.6. The molecule has 3 rings (SSSR count). The van der Waals surface area contributed by atoms with Crippen LogP contribution in [0, 0.1) is 11.3 Å². The van der Waals surface area contributed by atoms with Crippen molar-refractivity contribution >= 4 is 17.5 Å². The van der Waals surface area contributed by atoms with Crippen LogP contribution in [0.4, 0.5) is 11.6 Å². The maximum atomic E-state index is 11.8. The van der Waals surface area contributed by atoms with Gasteiger partial charge >= 0.3 is 0 Å². The molecule has 2 aliphatic carbocycles. The fraction of sp³-hybridized carbons (Fsp3) is 0.650. The third-order valence-corrected chi connectivity index (χ3v) is 6.14. The van der Waals surface area contributed by atoms with Gasteiger partial charge in [0.15, 0.2) is 11.5 Å². The summed E-state index contributed by atoms with van der Waals surface area (Å²) in [5, 5.41) is 6.70. The number of hydrogen-bond acceptors (Lipinski definition) is 6. The molecular formula is C20H32N6O. The molecule has 6 N–H and O–H groups in total. The molecule has 0 aliphatic heterocycles. The van der Waals surface area contributed by atoms with Crippen molar-refractivity contribution in [3.05, 3.63) is 23.7 Å². The predicted octanol–water partition coefficient (Wildman–Crippen LogP) is 3.01. The molecule has 0 aromatic carbocycles. The standard InChI is InChI=1S/C20H32N6O/c1-12-8-9-13(10-20(12,2)3)24-19-17(18(22)27)23-11-16(26-19)25-15-7-5-4-6-14(15)21/h9,11-12,14-15H,4-8,10,21H2,1-3H3,(H2,22,27)(H2,24,25,26)/t12?,14-,15+/m0/s1. The second kappa shape index (κ2) is 7.84. The Morgan fingerprint density at radius 2 is 2.04 bits per heavy atom. The molecule has 0 bridgehead atoms. The minimum atomic E-state index is -0.588. The molecule has 1 aromatic heterocycles. The first-order valence-corrected chi connectivity index (χ1v) is 9.91. The van der Waals surface area contributed by atoms with Gasteiger partial charge in [-0.25, -0.2) is 9.97 Å². The maximum Gasteiger partial charge on any atom is 0.271 e. The Balaban J connectivity index is 1.81. The molecule has 1 amide bonds. The Morgan fingerprint density at radius 3 is 2.70 bits per heavy atom. The molecule has 148 valence electrons. The van der Waals surface area contributed by atoms with Crippen molar-refractivity contribution < 1.29 is 4.79 Å². The molecule has 1 heterocycles. The Bertz CT molecular complexity index is 729. The van der Waals surface area contributed by atoms with E-state index in [0.717, 1.165) is 37.8 Å². The summed E-state index contributed by atoms with van der Waals surface area (Å²) in [7, 11) is 0. The van der Waals surface area contributed by atoms with Crippen molar-refractivity contribution in [1.82, 2.24) is 9.97 Å². The molecule has 1 saturated carbocycles. The third kappa shape index (κ3) is 4.58. The highest BCUT2D eigenvalue weighted by Crippen LogP contribution is 2.40. The van der Waals surface area contributed by atoms with Gasteiger partial charge in [-0.05, 0) is 37.0 Å². The number of allylic oxidation sites excluding steroid dienone is 2. The van der Waals surface area contributed by atoms with E-state index in [1.54, 1.807) is 6.20 Å². The van der Waals surface area contributed by atoms with Gasteiger partial charge in [0.1, 0.15) is 5.82 Å². The Hall–Kier alpha value is -2.15. The van der Waals surface area contributed by atoms with Crippen molar-refractivity contribution in [3.8, 4) is 0 Å². The molecule has 1 unspecified atom stereocenters. The van der Waals surface area contributed by atoms with Crippen molar-refractivity contribution in [3.63, 3.8) is 0 Å². The van der Waals surface area contributed by atoms with E-state index in [1.165, 1.54) is 6.42 Å². The number of carbonyl (C=O) groups excluding carboxylic acids is 1. The summed E-state index contributed by atoms with van der Waals surface area (Å²) in [6.45, 7) is 6.78. The lowest BCUT2D eigenvalue weighted by Gasteiger charge is -2.36. The van der Waals surface area contributed by atoms with E-state index in [9.17, 15) is 4.79 Å². The largest absolute Gasteiger partial charge is 0.364 e. The lowest BCUT2D eigenvalue weighted by molar-refractivity contribution is 0.0996. The summed E-state index contributed by atoms with van der Waals surface area (Å²) in [4.78, 5) is 20.7. The first-order valence-electron chi connectivity index (χ1n) is 9.91. The fourth-order valence-corrected chi connectivity index (χ4v) is 3.88. The van der Waals surface area contributed by atoms with E-state index < -0.39 is 5.91 Å². The normalized spacial score (nSPS) is 27.6. The van der Waals surface area contributed by atoms with Crippen LogP contribution in [0.1, 0.15) is 69.8 Å². The van der Waals surface area contributed by atoms with Gasteiger partial charge in [-0.2, -0.15) is 0 Å². The second-order valence-corrected chi connectivity index (χ2v) is 8.67. The quantitative estimate of drug-likeness (QED) is 0.631. The second-order valence-electron chi connectivity index (χ2n) is 8.67. The fourth-order valence-electron chi connectivity index (χ4n) is 3.88. The van der Waals surface area contributed by atoms with Crippen LogP contribution in [0.25, 0.3) is 0 Å². The van der Waals surface area contributed by atoms with Crippen LogP contribution >= 0.6 is 0 Å². The first kappa shape index (κ1) is 19.6. The summed E-state index contributed by atoms with van der Waals surface area (Å²) < 4.78 is 0. The molecule has 0 spiro atoms. The number of nitrogens with zero attached hydrogens (tertiary/aromatic N) is 2. The highest BCUT2D eigenvalue weighted by molar-refractivity contribution is 5.95. The van der Waals surface area contributed by atoms with Crippen LogP contribution in [0.2, 0.25) is 0 Å². The van der Waals surface area contributed by atoms with Gasteiger partial charge in [-0.1, -0.05) is 39.7 Å². The number of anilines is 2. The zero-order valence-electron chi connectivity index (χ0n) is 16.6. The predicted molar refractivity (Wildman–Crippen MR) is 108 cm³/mol. The number of nitrogens with two attached hydrogens (primary N) is 2. The summed E-state index contributed by atoms with van der Waals surface area (Å²) in [6, 6.07) is 0.283. The number of nitrogens with one attached hydrogen (secondary N) is 2. The number of aromatic nitrogens is 2. The van der Waals surface area contributed by atoms with Crippen LogP contribution in [-0.2, 0) is 0 Å². The maximum absolute atomic E-state index is 11.8. The smallest absolute Gasteiger partial charge is 0.271 e. The Morgan fingerprint density at radius 1 is 1.30 bits per heavy atom. The minimum Gasteiger partial charge on any atom is -0.364 e. The highest BCUT2D eigenvalue weighted by atomic mass is 16.1. The number of amides is 1. The number of hydrogen-bond donors (Lipinski definition) is 4. The van der Waals surface area contributed by atoms with Crippen LogP contribution in [0.5, 0.6) is 0 Å². The van der Waals surface area contributed by atoms with Crippen molar-refractivity contribution in [2.24, 2.45) is 22.8 Å². The summed E-state index contributed by atoms with van der Waals surface area (Å²) in [6.07, 6.45) is 9.97. The lowest BCUT2D eigenvalue weighted by Crippen LogP contribution is -2.42. The van der Waals surface area contributed by atoms with Gasteiger partial charge in [-0.3, -0.25) is 4.79 Å². The van der Waals surface area contributed by atoms with Crippen LogP contribution < -0.4 is 22.1 Å². The molecule has 0 radical (unpaired) electrons. The van der Waals surface area contributed by atoms with Gasteiger partial charge in [0, 0.05) is 17.8 Å². The zero-order valence-corrected chi connectivity index (χ0v) is 16.6. The van der Waals surface area contributed by atoms with Gasteiger partial charge in [-0.15, -0.1) is 0 Å². The van der Waals surface area contributed by atoms with Gasteiger partial charge < -0.3 is 22.1 Å². The van der Waals surface area contributed by atoms with E-state index in [1.807, 2.05) is 0 Å². The SMILES string of the molecule is CC1CC=C(Nc2nc(N[C@@H]3CCCC[C@@H]3N)cnc2C(N)=O)CC1(C)C. The van der Waals surface area contributed by atoms with E-state index in [0.29, 0.717) is 17.6 Å². The molecule has 7 heteroatoms. The van der Waals surface area contributed by atoms with E-state index in [4.69, 9.17) is 11.5 Å². The van der Waals surface area contributed by atoms with Crippen LogP contribution in [0.3, 0.4) is 0 Å². The van der Waals surface area contributed by atoms with Crippen molar-refractivity contribution in [2.45, 2.75) is 71.4 Å². The molecule has 0 saturated heterocycles. The third-order valence-electron chi connectivity index (χ3n) is 6.14. The Labute approximate surface area is 161 Å². The van der Waals surface area contributed by atoms with E-state index in [-0.39, 0.29) is 23.2 Å². The minimum absolute atomic E-state index is 0.108. The molecular weight excluding hydrogens is 340 g/mol.